The molecule has 2 atom stereocenters. The normalized spacial score (nSPS) is 21.1. The molecule has 0 saturated carbocycles. The maximum atomic E-state index is 12.9. The van der Waals surface area contributed by atoms with E-state index in [4.69, 9.17) is 4.74 Å². The quantitative estimate of drug-likeness (QED) is 0.479. The first-order valence-electron chi connectivity index (χ1n) is 13.6. The van der Waals surface area contributed by atoms with Crippen LogP contribution < -0.4 is 10.2 Å². The first-order chi connectivity index (χ1) is 18.0. The third-order valence-corrected chi connectivity index (χ3v) is 7.90. The van der Waals surface area contributed by atoms with Gasteiger partial charge in [0.1, 0.15) is 0 Å². The summed E-state index contributed by atoms with van der Waals surface area (Å²) in [5.41, 5.74) is 3.31. The van der Waals surface area contributed by atoms with Crippen LogP contribution in [0.3, 0.4) is 0 Å². The van der Waals surface area contributed by atoms with E-state index in [1.807, 2.05) is 32.3 Å². The number of carbonyl (C=O) groups excluding carboxylic acids is 1. The number of nitrogens with zero attached hydrogens (tertiary/aromatic N) is 3. The Bertz CT molecular complexity index is 1190. The SMILES string of the molecule is CN(C)c1cccc(NC(=O)CC[C@H]2CN(Cc3ccc4ccccc4c3)CC[C@H]2N2CCOCC2)c1. The lowest BCUT2D eigenvalue weighted by Gasteiger charge is -2.45. The zero-order chi connectivity index (χ0) is 25.6. The standard InChI is InChI=1S/C31H40N4O2/c1-33(2)29-9-5-8-28(21-29)32-31(36)13-12-27-23-34(15-14-30(27)35-16-18-37-19-17-35)22-24-10-11-25-6-3-4-7-26(25)20-24/h3-11,20-21,27,30H,12-19,22-23H2,1-2H3,(H,32,36)/t27-,30+/m0/s1. The molecule has 2 aliphatic heterocycles. The summed E-state index contributed by atoms with van der Waals surface area (Å²) in [5.74, 6) is 0.564. The molecule has 2 heterocycles. The molecule has 3 aromatic rings. The highest BCUT2D eigenvalue weighted by Gasteiger charge is 2.34. The average Bonchev–Trinajstić information content (AvgIpc) is 2.92. The van der Waals surface area contributed by atoms with Crippen LogP contribution in [0.2, 0.25) is 0 Å². The van der Waals surface area contributed by atoms with Crippen LogP contribution in [0.1, 0.15) is 24.8 Å². The van der Waals surface area contributed by atoms with Crippen molar-refractivity contribution < 1.29 is 9.53 Å². The molecule has 5 rings (SSSR count). The van der Waals surface area contributed by atoms with Crippen LogP contribution >= 0.6 is 0 Å². The topological polar surface area (TPSA) is 48.1 Å². The lowest BCUT2D eigenvalue weighted by atomic mass is 9.86. The highest BCUT2D eigenvalue weighted by Crippen LogP contribution is 2.29. The molecular formula is C31H40N4O2. The van der Waals surface area contributed by atoms with Gasteiger partial charge in [-0.3, -0.25) is 14.6 Å². The Hall–Kier alpha value is -2.93. The Morgan fingerprint density at radius 1 is 0.973 bits per heavy atom. The zero-order valence-electron chi connectivity index (χ0n) is 22.2. The molecular weight excluding hydrogens is 460 g/mol. The smallest absolute Gasteiger partial charge is 0.224 e. The zero-order valence-corrected chi connectivity index (χ0v) is 22.2. The van der Waals surface area contributed by atoms with Gasteiger partial charge in [-0.1, -0.05) is 42.5 Å². The van der Waals surface area contributed by atoms with Gasteiger partial charge in [0, 0.05) is 64.1 Å². The van der Waals surface area contributed by atoms with Crippen molar-refractivity contribution in [3.63, 3.8) is 0 Å². The van der Waals surface area contributed by atoms with Gasteiger partial charge in [-0.15, -0.1) is 0 Å². The lowest BCUT2D eigenvalue weighted by Crippen LogP contribution is -2.53. The Morgan fingerprint density at radius 2 is 1.78 bits per heavy atom. The molecule has 0 aliphatic carbocycles. The summed E-state index contributed by atoms with van der Waals surface area (Å²) in [7, 11) is 4.03. The molecule has 2 aliphatic rings. The van der Waals surface area contributed by atoms with Gasteiger partial charge >= 0.3 is 0 Å². The third kappa shape index (κ3) is 6.69. The average molecular weight is 501 g/mol. The van der Waals surface area contributed by atoms with Crippen molar-refractivity contribution >= 4 is 28.1 Å². The van der Waals surface area contributed by atoms with Crippen LogP contribution in [0.5, 0.6) is 0 Å². The van der Waals surface area contributed by atoms with Crippen LogP contribution in [0.15, 0.2) is 66.7 Å². The number of piperidine rings is 1. The summed E-state index contributed by atoms with van der Waals surface area (Å²) in [5, 5.41) is 5.72. The molecule has 0 radical (unpaired) electrons. The fraction of sp³-hybridized carbons (Fsp3) is 0.452. The van der Waals surface area contributed by atoms with E-state index in [1.165, 1.54) is 16.3 Å². The van der Waals surface area contributed by atoms with E-state index < -0.39 is 0 Å². The number of likely N-dealkylation sites (tertiary alicyclic amines) is 1. The van der Waals surface area contributed by atoms with Crippen molar-refractivity contribution in [1.82, 2.24) is 9.80 Å². The van der Waals surface area contributed by atoms with E-state index >= 15 is 0 Å². The maximum absolute atomic E-state index is 12.9. The second-order valence-electron chi connectivity index (χ2n) is 10.7. The number of amides is 1. The first-order valence-corrected chi connectivity index (χ1v) is 13.6. The van der Waals surface area contributed by atoms with Crippen LogP contribution in [0.4, 0.5) is 11.4 Å². The number of hydrogen-bond acceptors (Lipinski definition) is 5. The van der Waals surface area contributed by atoms with Crippen molar-refractivity contribution in [1.29, 1.82) is 0 Å². The third-order valence-electron chi connectivity index (χ3n) is 7.90. The number of rotatable bonds is 8. The molecule has 6 heteroatoms. The molecule has 1 N–H and O–H groups in total. The van der Waals surface area contributed by atoms with Crippen LogP contribution in [0.25, 0.3) is 10.8 Å². The van der Waals surface area contributed by atoms with Crippen LogP contribution in [0, 0.1) is 5.92 Å². The molecule has 3 aromatic carbocycles. The predicted molar refractivity (Wildman–Crippen MR) is 152 cm³/mol. The van der Waals surface area contributed by atoms with Gasteiger partial charge in [0.15, 0.2) is 0 Å². The monoisotopic (exact) mass is 500 g/mol. The summed E-state index contributed by atoms with van der Waals surface area (Å²) in [6.45, 7) is 6.69. The minimum atomic E-state index is 0.100. The van der Waals surface area contributed by atoms with Gasteiger partial charge in [-0.25, -0.2) is 0 Å². The van der Waals surface area contributed by atoms with Crippen LogP contribution in [-0.2, 0) is 16.1 Å². The molecule has 6 nitrogen and oxygen atoms in total. The highest BCUT2D eigenvalue weighted by molar-refractivity contribution is 5.91. The molecule has 37 heavy (non-hydrogen) atoms. The number of morpholine rings is 1. The molecule has 2 saturated heterocycles. The van der Waals surface area contributed by atoms with Gasteiger partial charge < -0.3 is 15.0 Å². The Morgan fingerprint density at radius 3 is 2.59 bits per heavy atom. The number of ether oxygens (including phenoxy) is 1. The summed E-state index contributed by atoms with van der Waals surface area (Å²) in [6, 6.07) is 23.9. The van der Waals surface area contributed by atoms with Gasteiger partial charge in [0.25, 0.3) is 0 Å². The van der Waals surface area contributed by atoms with E-state index in [1.54, 1.807) is 0 Å². The molecule has 2 fully saturated rings. The van der Waals surface area contributed by atoms with Gasteiger partial charge in [0.2, 0.25) is 5.91 Å². The lowest BCUT2D eigenvalue weighted by molar-refractivity contribution is -0.116. The fourth-order valence-corrected chi connectivity index (χ4v) is 5.91. The van der Waals surface area contributed by atoms with Crippen molar-refractivity contribution in [2.75, 3.05) is 63.7 Å². The first kappa shape index (κ1) is 25.7. The maximum Gasteiger partial charge on any atom is 0.224 e. The van der Waals surface area contributed by atoms with E-state index in [0.717, 1.165) is 70.2 Å². The Balaban J connectivity index is 1.23. The van der Waals surface area contributed by atoms with Crippen molar-refractivity contribution in [2.24, 2.45) is 5.92 Å². The molecule has 1 amide bonds. The predicted octanol–water partition coefficient (Wildman–Crippen LogP) is 4.85. The van der Waals surface area contributed by atoms with Crippen LogP contribution in [-0.4, -0.2) is 75.2 Å². The number of carbonyl (C=O) groups is 1. The minimum Gasteiger partial charge on any atom is -0.379 e. The van der Waals surface area contributed by atoms with Gasteiger partial charge in [0.05, 0.1) is 13.2 Å². The second-order valence-corrected chi connectivity index (χ2v) is 10.7. The van der Waals surface area contributed by atoms with E-state index in [0.29, 0.717) is 18.4 Å². The number of fused-ring (bicyclic) bond motifs is 1. The van der Waals surface area contributed by atoms with E-state index in [2.05, 4.69) is 68.5 Å². The van der Waals surface area contributed by atoms with Gasteiger partial charge in [-0.05, 0) is 65.9 Å². The molecule has 0 aromatic heterocycles. The fourth-order valence-electron chi connectivity index (χ4n) is 5.91. The molecule has 0 spiro atoms. The van der Waals surface area contributed by atoms with Crippen molar-refractivity contribution in [3.05, 3.63) is 72.3 Å². The van der Waals surface area contributed by atoms with E-state index in [9.17, 15) is 4.79 Å². The van der Waals surface area contributed by atoms with Crippen molar-refractivity contribution in [2.45, 2.75) is 31.8 Å². The van der Waals surface area contributed by atoms with Gasteiger partial charge in [-0.2, -0.15) is 0 Å². The number of benzene rings is 3. The molecule has 196 valence electrons. The summed E-state index contributed by atoms with van der Waals surface area (Å²) in [4.78, 5) is 20.2. The number of hydrogen-bond donors (Lipinski definition) is 1. The summed E-state index contributed by atoms with van der Waals surface area (Å²) >= 11 is 0. The molecule has 0 bridgehead atoms. The Kier molecular flexibility index (Phi) is 8.39. The van der Waals surface area contributed by atoms with E-state index in [-0.39, 0.29) is 5.91 Å². The number of nitrogens with one attached hydrogen (secondary N) is 1. The van der Waals surface area contributed by atoms with Crippen molar-refractivity contribution in [3.8, 4) is 0 Å². The highest BCUT2D eigenvalue weighted by atomic mass is 16.5. The minimum absolute atomic E-state index is 0.100. The summed E-state index contributed by atoms with van der Waals surface area (Å²) in [6.07, 6.45) is 2.59. The second kappa shape index (κ2) is 12.1. The molecule has 0 unspecified atom stereocenters. The summed E-state index contributed by atoms with van der Waals surface area (Å²) < 4.78 is 5.63. The largest absolute Gasteiger partial charge is 0.379 e. The Labute approximate surface area is 221 Å². The number of anilines is 2.